The Hall–Kier alpha value is -3.03. The van der Waals surface area contributed by atoms with E-state index < -0.39 is 16.6 Å². The number of nitro benzene ring substituents is 1. The highest BCUT2D eigenvalue weighted by Crippen LogP contribution is 2.28. The van der Waals surface area contributed by atoms with E-state index >= 15 is 0 Å². The van der Waals surface area contributed by atoms with Gasteiger partial charge in [-0.2, -0.15) is 0 Å². The van der Waals surface area contributed by atoms with Crippen molar-refractivity contribution in [3.8, 4) is 0 Å². The smallest absolute Gasteiger partial charge is 0.275 e. The number of hydrogen-bond acceptors (Lipinski definition) is 4. The van der Waals surface area contributed by atoms with Gasteiger partial charge in [0.15, 0.2) is 5.82 Å². The summed E-state index contributed by atoms with van der Waals surface area (Å²) in [5.41, 5.74) is 0.678. The molecule has 2 aromatic rings. The van der Waals surface area contributed by atoms with Crippen molar-refractivity contribution in [3.63, 3.8) is 0 Å². The summed E-state index contributed by atoms with van der Waals surface area (Å²) < 4.78 is 27.6. The Kier molecular flexibility index (Phi) is 4.83. The van der Waals surface area contributed by atoms with E-state index in [-0.39, 0.29) is 22.8 Å². The Balaban J connectivity index is 1.72. The van der Waals surface area contributed by atoms with Gasteiger partial charge >= 0.3 is 0 Å². The normalized spacial score (nSPS) is 14.4. The Labute approximate surface area is 148 Å². The SMILES string of the molecule is Cc1cc(N2CCN(C(=O)c3cccc(F)c3)CC2)c(F)cc1[N+](=O)[O-]. The number of aryl methyl sites for hydroxylation is 1. The lowest BCUT2D eigenvalue weighted by Crippen LogP contribution is -2.49. The van der Waals surface area contributed by atoms with Crippen LogP contribution < -0.4 is 4.90 Å². The molecule has 6 nitrogen and oxygen atoms in total. The molecule has 0 saturated carbocycles. The maximum absolute atomic E-state index is 14.3. The van der Waals surface area contributed by atoms with Crippen LogP contribution in [0.25, 0.3) is 0 Å². The van der Waals surface area contributed by atoms with Gasteiger partial charge in [0.2, 0.25) is 0 Å². The number of piperazine rings is 1. The summed E-state index contributed by atoms with van der Waals surface area (Å²) >= 11 is 0. The van der Waals surface area contributed by atoms with Gasteiger partial charge in [-0.1, -0.05) is 6.07 Å². The van der Waals surface area contributed by atoms with Crippen molar-refractivity contribution in [1.82, 2.24) is 4.90 Å². The number of benzene rings is 2. The molecule has 1 fully saturated rings. The minimum Gasteiger partial charge on any atom is -0.366 e. The molecule has 0 spiro atoms. The highest BCUT2D eigenvalue weighted by Gasteiger charge is 2.25. The van der Waals surface area contributed by atoms with Gasteiger partial charge in [-0.15, -0.1) is 0 Å². The van der Waals surface area contributed by atoms with Gasteiger partial charge in [0.1, 0.15) is 5.82 Å². The van der Waals surface area contributed by atoms with Crippen LogP contribution in [0, 0.1) is 28.7 Å². The van der Waals surface area contributed by atoms with Crippen molar-refractivity contribution in [3.05, 3.63) is 69.3 Å². The maximum atomic E-state index is 14.3. The van der Waals surface area contributed by atoms with E-state index in [2.05, 4.69) is 0 Å². The average Bonchev–Trinajstić information content (AvgIpc) is 2.62. The second kappa shape index (κ2) is 7.07. The van der Waals surface area contributed by atoms with Crippen LogP contribution in [-0.2, 0) is 0 Å². The Bertz CT molecular complexity index is 865. The van der Waals surface area contributed by atoms with Crippen LogP contribution in [0.4, 0.5) is 20.2 Å². The number of anilines is 1. The van der Waals surface area contributed by atoms with E-state index in [0.717, 1.165) is 6.07 Å². The molecule has 0 N–H and O–H groups in total. The molecule has 3 rings (SSSR count). The number of hydrogen-bond donors (Lipinski definition) is 0. The molecule has 1 heterocycles. The maximum Gasteiger partial charge on any atom is 0.275 e. The van der Waals surface area contributed by atoms with Crippen molar-refractivity contribution in [1.29, 1.82) is 0 Å². The van der Waals surface area contributed by atoms with Crippen LogP contribution >= 0.6 is 0 Å². The summed E-state index contributed by atoms with van der Waals surface area (Å²) in [6.45, 7) is 3.03. The molecule has 1 amide bonds. The predicted molar refractivity (Wildman–Crippen MR) is 92.3 cm³/mol. The Morgan fingerprint density at radius 3 is 2.42 bits per heavy atom. The Morgan fingerprint density at radius 2 is 1.81 bits per heavy atom. The van der Waals surface area contributed by atoms with Crippen molar-refractivity contribution in [2.24, 2.45) is 0 Å². The fourth-order valence-electron chi connectivity index (χ4n) is 3.05. The molecule has 1 aliphatic heterocycles. The first-order chi connectivity index (χ1) is 12.4. The number of amides is 1. The minimum absolute atomic E-state index is 0.258. The van der Waals surface area contributed by atoms with Crippen molar-refractivity contribution >= 4 is 17.3 Å². The monoisotopic (exact) mass is 361 g/mol. The molecule has 8 heteroatoms. The Morgan fingerprint density at radius 1 is 1.12 bits per heavy atom. The molecule has 0 aliphatic carbocycles. The first-order valence-electron chi connectivity index (χ1n) is 8.11. The predicted octanol–water partition coefficient (Wildman–Crippen LogP) is 3.14. The molecule has 26 heavy (non-hydrogen) atoms. The topological polar surface area (TPSA) is 66.7 Å². The molecule has 0 atom stereocenters. The zero-order valence-electron chi connectivity index (χ0n) is 14.1. The second-order valence-corrected chi connectivity index (χ2v) is 6.14. The molecule has 136 valence electrons. The van der Waals surface area contributed by atoms with Crippen molar-refractivity contribution in [2.75, 3.05) is 31.1 Å². The molecular formula is C18H17F2N3O3. The van der Waals surface area contributed by atoms with Crippen LogP contribution in [0.1, 0.15) is 15.9 Å². The van der Waals surface area contributed by atoms with E-state index in [0.29, 0.717) is 31.7 Å². The summed E-state index contributed by atoms with van der Waals surface area (Å²) in [6, 6.07) is 7.87. The van der Waals surface area contributed by atoms with Gasteiger partial charge in [0, 0.05) is 37.3 Å². The van der Waals surface area contributed by atoms with Crippen LogP contribution in [0.15, 0.2) is 36.4 Å². The van der Waals surface area contributed by atoms with Gasteiger partial charge in [0.05, 0.1) is 16.7 Å². The van der Waals surface area contributed by atoms with Crippen LogP contribution in [-0.4, -0.2) is 41.9 Å². The number of nitro groups is 1. The van der Waals surface area contributed by atoms with Crippen LogP contribution in [0.5, 0.6) is 0 Å². The van der Waals surface area contributed by atoms with Crippen molar-refractivity contribution in [2.45, 2.75) is 6.92 Å². The largest absolute Gasteiger partial charge is 0.366 e. The van der Waals surface area contributed by atoms with Gasteiger partial charge in [0.25, 0.3) is 11.6 Å². The molecule has 1 aliphatic rings. The number of carbonyl (C=O) groups excluding carboxylic acids is 1. The second-order valence-electron chi connectivity index (χ2n) is 6.14. The molecule has 0 aromatic heterocycles. The van der Waals surface area contributed by atoms with Crippen molar-refractivity contribution < 1.29 is 18.5 Å². The van der Waals surface area contributed by atoms with E-state index in [1.165, 1.54) is 24.3 Å². The van der Waals surface area contributed by atoms with Gasteiger partial charge < -0.3 is 9.80 Å². The van der Waals surface area contributed by atoms with Crippen LogP contribution in [0.3, 0.4) is 0 Å². The van der Waals surface area contributed by atoms with Gasteiger partial charge in [-0.25, -0.2) is 8.78 Å². The molecule has 1 saturated heterocycles. The zero-order valence-corrected chi connectivity index (χ0v) is 14.1. The molecule has 0 bridgehead atoms. The van der Waals surface area contributed by atoms with E-state index in [9.17, 15) is 23.7 Å². The quantitative estimate of drug-likeness (QED) is 0.622. The van der Waals surface area contributed by atoms with E-state index in [1.54, 1.807) is 22.8 Å². The first kappa shape index (κ1) is 17.8. The number of carbonyl (C=O) groups is 1. The lowest BCUT2D eigenvalue weighted by molar-refractivity contribution is -0.385. The fraction of sp³-hybridized carbons (Fsp3) is 0.278. The fourth-order valence-corrected chi connectivity index (χ4v) is 3.05. The minimum atomic E-state index is -0.660. The average molecular weight is 361 g/mol. The number of halogens is 2. The van der Waals surface area contributed by atoms with E-state index in [1.807, 2.05) is 0 Å². The highest BCUT2D eigenvalue weighted by molar-refractivity contribution is 5.94. The summed E-state index contributed by atoms with van der Waals surface area (Å²) in [4.78, 5) is 26.0. The van der Waals surface area contributed by atoms with Gasteiger partial charge in [-0.3, -0.25) is 14.9 Å². The molecule has 2 aromatic carbocycles. The molecular weight excluding hydrogens is 344 g/mol. The van der Waals surface area contributed by atoms with E-state index in [4.69, 9.17) is 0 Å². The lowest BCUT2D eigenvalue weighted by atomic mass is 10.1. The summed E-state index contributed by atoms with van der Waals surface area (Å²) in [6.07, 6.45) is 0. The third-order valence-electron chi connectivity index (χ3n) is 4.44. The summed E-state index contributed by atoms with van der Waals surface area (Å²) in [5.74, 6) is -1.41. The third-order valence-corrected chi connectivity index (χ3v) is 4.44. The third kappa shape index (κ3) is 3.49. The molecule has 0 radical (unpaired) electrons. The highest BCUT2D eigenvalue weighted by atomic mass is 19.1. The standard InChI is InChI=1S/C18H17F2N3O3/c1-12-9-17(15(20)11-16(12)23(25)26)21-5-7-22(8-6-21)18(24)13-3-2-4-14(19)10-13/h2-4,9-11H,5-8H2,1H3. The van der Waals surface area contributed by atoms with Crippen LogP contribution in [0.2, 0.25) is 0 Å². The summed E-state index contributed by atoms with van der Waals surface area (Å²) in [7, 11) is 0. The van der Waals surface area contributed by atoms with Gasteiger partial charge in [-0.05, 0) is 31.2 Å². The number of nitrogens with zero attached hydrogens (tertiary/aromatic N) is 3. The number of rotatable bonds is 3. The lowest BCUT2D eigenvalue weighted by Gasteiger charge is -2.36. The summed E-state index contributed by atoms with van der Waals surface area (Å²) in [5, 5.41) is 10.9. The first-order valence-corrected chi connectivity index (χ1v) is 8.11. The zero-order chi connectivity index (χ0) is 18.8. The molecule has 0 unspecified atom stereocenters.